The molecule has 222 valence electrons. The van der Waals surface area contributed by atoms with Gasteiger partial charge in [-0.2, -0.15) is 0 Å². The standard InChI is InChI=1S/C42H29N5/c1-3-4-14-28-26-38-34(25-27(28)2)31-18-9-11-23-37(31)47(38)42-39(45-41-35(44-42)21-13-24-43-41)33-20-12-19-32-30-17-8-10-22-36(30)46(40(32)33)29-15-6-5-7-16-29/h3-26H,1H2,2H3/b14-4-. The molecule has 5 aromatic carbocycles. The number of para-hydroxylation sites is 4. The zero-order valence-corrected chi connectivity index (χ0v) is 25.8. The van der Waals surface area contributed by atoms with Gasteiger partial charge in [0.2, 0.25) is 0 Å². The van der Waals surface area contributed by atoms with Gasteiger partial charge in [0.1, 0.15) is 11.2 Å². The van der Waals surface area contributed by atoms with Gasteiger partial charge in [-0.1, -0.05) is 97.6 Å². The molecule has 9 rings (SSSR count). The van der Waals surface area contributed by atoms with Crippen LogP contribution >= 0.6 is 0 Å². The van der Waals surface area contributed by atoms with Gasteiger partial charge in [-0.3, -0.25) is 4.57 Å². The molecule has 47 heavy (non-hydrogen) atoms. The maximum atomic E-state index is 5.37. The van der Waals surface area contributed by atoms with Crippen molar-refractivity contribution in [2.75, 3.05) is 0 Å². The van der Waals surface area contributed by atoms with Crippen LogP contribution in [0.1, 0.15) is 11.1 Å². The van der Waals surface area contributed by atoms with E-state index >= 15 is 0 Å². The first-order chi connectivity index (χ1) is 23.2. The van der Waals surface area contributed by atoms with Crippen LogP contribution in [0.2, 0.25) is 0 Å². The summed E-state index contributed by atoms with van der Waals surface area (Å²) in [7, 11) is 0. The third-order valence-corrected chi connectivity index (χ3v) is 9.07. The number of fused-ring (bicyclic) bond motifs is 7. The van der Waals surface area contributed by atoms with Gasteiger partial charge in [-0.25, -0.2) is 15.0 Å². The first kappa shape index (κ1) is 27.0. The van der Waals surface area contributed by atoms with Gasteiger partial charge in [0.05, 0.1) is 22.1 Å². The van der Waals surface area contributed by atoms with E-state index in [0.717, 1.165) is 61.3 Å². The minimum Gasteiger partial charge on any atom is -0.309 e. The Hall–Kier alpha value is -6.33. The summed E-state index contributed by atoms with van der Waals surface area (Å²) in [5.74, 6) is 0.761. The van der Waals surface area contributed by atoms with Crippen LogP contribution in [0.25, 0.3) is 83.6 Å². The van der Waals surface area contributed by atoms with Crippen LogP contribution in [0.5, 0.6) is 0 Å². The molecule has 0 unspecified atom stereocenters. The van der Waals surface area contributed by atoms with Crippen molar-refractivity contribution in [2.24, 2.45) is 0 Å². The molecular weight excluding hydrogens is 574 g/mol. The summed E-state index contributed by atoms with van der Waals surface area (Å²) in [6.45, 7) is 6.05. The zero-order chi connectivity index (χ0) is 31.5. The van der Waals surface area contributed by atoms with E-state index in [0.29, 0.717) is 5.65 Å². The summed E-state index contributed by atoms with van der Waals surface area (Å²) in [5.41, 5.74) is 10.9. The number of nitrogens with zero attached hydrogens (tertiary/aromatic N) is 5. The lowest BCUT2D eigenvalue weighted by Gasteiger charge is -2.16. The Kier molecular flexibility index (Phi) is 6.12. The van der Waals surface area contributed by atoms with E-state index in [1.807, 2.05) is 24.3 Å². The summed E-state index contributed by atoms with van der Waals surface area (Å²) >= 11 is 0. The maximum absolute atomic E-state index is 5.37. The number of pyridine rings is 1. The average Bonchev–Trinajstić information content (AvgIpc) is 3.63. The van der Waals surface area contributed by atoms with E-state index in [4.69, 9.17) is 9.97 Å². The molecule has 0 N–H and O–H groups in total. The lowest BCUT2D eigenvalue weighted by molar-refractivity contribution is 1.07. The number of rotatable bonds is 5. The SMILES string of the molecule is C=C/C=C\c1cc2c(cc1C)c1ccccc1n2-c1nc2cccnc2nc1-c1cccc2c3ccccc3n(-c3ccccc3)c12. The predicted molar refractivity (Wildman–Crippen MR) is 195 cm³/mol. The van der Waals surface area contributed by atoms with Gasteiger partial charge in [-0.15, -0.1) is 0 Å². The molecule has 0 aliphatic heterocycles. The molecule has 0 saturated carbocycles. The molecule has 9 aromatic rings. The largest absolute Gasteiger partial charge is 0.309 e. The van der Waals surface area contributed by atoms with Gasteiger partial charge in [0.25, 0.3) is 0 Å². The Morgan fingerprint density at radius 2 is 1.36 bits per heavy atom. The Morgan fingerprint density at radius 1 is 0.638 bits per heavy atom. The van der Waals surface area contributed by atoms with Crippen LogP contribution in [0, 0.1) is 6.92 Å². The molecule has 0 atom stereocenters. The second kappa shape index (κ2) is 10.6. The molecule has 0 radical (unpaired) electrons. The highest BCUT2D eigenvalue weighted by atomic mass is 15.1. The van der Waals surface area contributed by atoms with E-state index in [-0.39, 0.29) is 0 Å². The van der Waals surface area contributed by atoms with Crippen LogP contribution in [-0.4, -0.2) is 24.1 Å². The monoisotopic (exact) mass is 603 g/mol. The zero-order valence-electron chi connectivity index (χ0n) is 25.8. The van der Waals surface area contributed by atoms with Crippen LogP contribution < -0.4 is 0 Å². The molecule has 0 saturated heterocycles. The molecule has 0 amide bonds. The van der Waals surface area contributed by atoms with Crippen LogP contribution in [-0.2, 0) is 0 Å². The van der Waals surface area contributed by atoms with Gasteiger partial charge in [0, 0.05) is 39.0 Å². The molecule has 0 spiro atoms. The number of benzene rings is 5. The lowest BCUT2D eigenvalue weighted by atomic mass is 10.0. The number of allylic oxidation sites excluding steroid dienone is 2. The number of aryl methyl sites for hydroxylation is 1. The average molecular weight is 604 g/mol. The highest BCUT2D eigenvalue weighted by Crippen LogP contribution is 2.41. The Bertz CT molecular complexity index is 2710. The number of hydrogen-bond donors (Lipinski definition) is 0. The molecule has 5 nitrogen and oxygen atoms in total. The van der Waals surface area contributed by atoms with Crippen molar-refractivity contribution in [2.45, 2.75) is 6.92 Å². The fourth-order valence-electron chi connectivity index (χ4n) is 7.00. The summed E-state index contributed by atoms with van der Waals surface area (Å²) in [6, 6.07) is 42.6. The number of aromatic nitrogens is 5. The molecule has 0 aliphatic carbocycles. The minimum atomic E-state index is 0.608. The summed E-state index contributed by atoms with van der Waals surface area (Å²) in [5, 5.41) is 4.68. The Balaban J connectivity index is 1.46. The van der Waals surface area contributed by atoms with Crippen LogP contribution in [0.15, 0.2) is 146 Å². The van der Waals surface area contributed by atoms with Crippen molar-refractivity contribution < 1.29 is 0 Å². The van der Waals surface area contributed by atoms with Crippen molar-refractivity contribution in [1.29, 1.82) is 0 Å². The normalized spacial score (nSPS) is 11.9. The van der Waals surface area contributed by atoms with Gasteiger partial charge in [0.15, 0.2) is 11.5 Å². The third-order valence-electron chi connectivity index (χ3n) is 9.07. The molecule has 0 bridgehead atoms. The quantitative estimate of drug-likeness (QED) is 0.184. The first-order valence-corrected chi connectivity index (χ1v) is 15.8. The van der Waals surface area contributed by atoms with Crippen LogP contribution in [0.4, 0.5) is 0 Å². The Morgan fingerprint density at radius 3 is 2.17 bits per heavy atom. The fraction of sp³-hybridized carbons (Fsp3) is 0.0238. The van der Waals surface area contributed by atoms with Crippen molar-refractivity contribution in [3.8, 4) is 22.8 Å². The molecule has 0 aliphatic rings. The molecular formula is C42H29N5. The van der Waals surface area contributed by atoms with E-state index < -0.39 is 0 Å². The highest BCUT2D eigenvalue weighted by molar-refractivity contribution is 6.15. The maximum Gasteiger partial charge on any atom is 0.178 e. The number of hydrogen-bond acceptors (Lipinski definition) is 3. The van der Waals surface area contributed by atoms with E-state index in [2.05, 4.69) is 143 Å². The predicted octanol–water partition coefficient (Wildman–Crippen LogP) is 10.4. The van der Waals surface area contributed by atoms with Gasteiger partial charge < -0.3 is 4.57 Å². The van der Waals surface area contributed by atoms with Crippen molar-refractivity contribution in [1.82, 2.24) is 24.1 Å². The topological polar surface area (TPSA) is 48.5 Å². The molecule has 0 fully saturated rings. The van der Waals surface area contributed by atoms with Gasteiger partial charge in [-0.05, 0) is 66.6 Å². The minimum absolute atomic E-state index is 0.608. The molecule has 5 heteroatoms. The van der Waals surface area contributed by atoms with E-state index in [9.17, 15) is 0 Å². The second-order valence-electron chi connectivity index (χ2n) is 11.8. The first-order valence-electron chi connectivity index (χ1n) is 15.8. The summed E-state index contributed by atoms with van der Waals surface area (Å²) in [6.07, 6.45) is 7.69. The molecule has 4 heterocycles. The molecule has 4 aromatic heterocycles. The van der Waals surface area contributed by atoms with Gasteiger partial charge >= 0.3 is 0 Å². The van der Waals surface area contributed by atoms with Crippen LogP contribution in [0.3, 0.4) is 0 Å². The smallest absolute Gasteiger partial charge is 0.178 e. The Labute approximate surface area is 271 Å². The second-order valence-corrected chi connectivity index (χ2v) is 11.8. The summed E-state index contributed by atoms with van der Waals surface area (Å²) < 4.78 is 4.62. The van der Waals surface area contributed by atoms with Crippen molar-refractivity contribution in [3.63, 3.8) is 0 Å². The van der Waals surface area contributed by atoms with E-state index in [1.54, 1.807) is 6.20 Å². The van der Waals surface area contributed by atoms with E-state index in [1.165, 1.54) is 21.7 Å². The summed E-state index contributed by atoms with van der Waals surface area (Å²) in [4.78, 5) is 15.4. The fourth-order valence-corrected chi connectivity index (χ4v) is 7.00. The third kappa shape index (κ3) is 4.14. The highest BCUT2D eigenvalue weighted by Gasteiger charge is 2.24. The van der Waals surface area contributed by atoms with Crippen molar-refractivity contribution in [3.05, 3.63) is 157 Å². The lowest BCUT2D eigenvalue weighted by Crippen LogP contribution is -2.05. The van der Waals surface area contributed by atoms with Crippen molar-refractivity contribution >= 4 is 60.9 Å².